The number of rotatable bonds is 2. The number of carboxylic acids is 1. The van der Waals surface area contributed by atoms with E-state index in [9.17, 15) is 9.90 Å². The van der Waals surface area contributed by atoms with Crippen LogP contribution >= 0.6 is 0 Å². The van der Waals surface area contributed by atoms with Gasteiger partial charge in [0.25, 0.3) is 0 Å². The molecule has 0 bridgehead atoms. The monoisotopic (exact) mass is 180 g/mol. The Labute approximate surface area is 106 Å². The van der Waals surface area contributed by atoms with E-state index in [0.29, 0.717) is 5.82 Å². The quantitative estimate of drug-likeness (QED) is 0.430. The van der Waals surface area contributed by atoms with E-state index in [0.717, 1.165) is 0 Å². The fourth-order valence-electron chi connectivity index (χ4n) is 0.535. The van der Waals surface area contributed by atoms with Gasteiger partial charge in [0, 0.05) is 0 Å². The van der Waals surface area contributed by atoms with E-state index >= 15 is 0 Å². The van der Waals surface area contributed by atoms with Crippen molar-refractivity contribution in [3.05, 3.63) is 11.7 Å². The summed E-state index contributed by atoms with van der Waals surface area (Å²) < 4.78 is 4.49. The molecule has 0 amide bonds. The molecule has 1 heterocycles. The fourth-order valence-corrected chi connectivity index (χ4v) is 0.535. The molecule has 1 aromatic heterocycles. The summed E-state index contributed by atoms with van der Waals surface area (Å²) in [4.78, 5) is 13.6. The molecule has 5 nitrogen and oxygen atoms in total. The summed E-state index contributed by atoms with van der Waals surface area (Å²) in [6.07, 6.45) is -0.319. The molecule has 6 heteroatoms. The Morgan fingerprint density at radius 1 is 1.73 bits per heavy atom. The summed E-state index contributed by atoms with van der Waals surface area (Å²) >= 11 is 0. The van der Waals surface area contributed by atoms with Crippen molar-refractivity contribution in [3.63, 3.8) is 0 Å². The second-order valence-electron chi connectivity index (χ2n) is 1.78. The molecule has 11 heavy (non-hydrogen) atoms. The summed E-state index contributed by atoms with van der Waals surface area (Å²) in [5.74, 6) is -0.711. The number of nitrogens with zero attached hydrogens (tertiary/aromatic N) is 2. The third-order valence-corrected chi connectivity index (χ3v) is 0.865. The Hall–Kier alpha value is 0.246. The van der Waals surface area contributed by atoms with Crippen molar-refractivity contribution in [2.24, 2.45) is 0 Å². The smallest absolute Gasteiger partial charge is 0.550 e. The first kappa shape index (κ1) is 11.2. The van der Waals surface area contributed by atoms with Gasteiger partial charge in [0.15, 0.2) is 5.82 Å². The Balaban J connectivity index is 0.000001000. The fraction of sp³-hybridized carbons (Fsp3) is 0.400. The molecule has 0 aromatic carbocycles. The number of aromatic nitrogens is 2. The van der Waals surface area contributed by atoms with Crippen LogP contribution in [0.2, 0.25) is 0 Å². The maximum absolute atomic E-state index is 9.94. The Bertz CT molecular complexity index is 248. The third-order valence-electron chi connectivity index (χ3n) is 0.865. The average Bonchev–Trinajstić information content (AvgIpc) is 2.13. The van der Waals surface area contributed by atoms with Gasteiger partial charge < -0.3 is 14.4 Å². The van der Waals surface area contributed by atoms with Gasteiger partial charge in [0.05, 0.1) is 12.4 Å². The number of hydrogen-bond acceptors (Lipinski definition) is 5. The van der Waals surface area contributed by atoms with E-state index < -0.39 is 5.97 Å². The Morgan fingerprint density at radius 3 is 2.73 bits per heavy atom. The average molecular weight is 180 g/mol. The second kappa shape index (κ2) is 4.99. The molecule has 0 aliphatic rings. The first-order valence-electron chi connectivity index (χ1n) is 2.67. The molecule has 0 saturated carbocycles. The second-order valence-corrected chi connectivity index (χ2v) is 1.78. The van der Waals surface area contributed by atoms with Gasteiger partial charge >= 0.3 is 51.4 Å². The van der Waals surface area contributed by atoms with Crippen LogP contribution in [0.4, 0.5) is 0 Å². The van der Waals surface area contributed by atoms with Gasteiger partial charge in [-0.25, -0.2) is 0 Å². The van der Waals surface area contributed by atoms with E-state index in [1.54, 1.807) is 6.92 Å². The summed E-state index contributed by atoms with van der Waals surface area (Å²) in [6.45, 7) is 1.61. The predicted molar refractivity (Wildman–Crippen MR) is 27.7 cm³/mol. The van der Waals surface area contributed by atoms with Crippen LogP contribution < -0.4 is 56.5 Å². The van der Waals surface area contributed by atoms with Crippen LogP contribution in [0.5, 0.6) is 0 Å². The van der Waals surface area contributed by atoms with Crippen molar-refractivity contribution in [2.45, 2.75) is 13.3 Å². The maximum atomic E-state index is 9.94. The van der Waals surface area contributed by atoms with Crippen LogP contribution in [0.25, 0.3) is 0 Å². The third kappa shape index (κ3) is 3.97. The van der Waals surface area contributed by atoms with Gasteiger partial charge in [-0.1, -0.05) is 5.16 Å². The number of hydrogen-bond donors (Lipinski definition) is 0. The molecule has 0 aliphatic carbocycles. The van der Waals surface area contributed by atoms with E-state index in [2.05, 4.69) is 14.7 Å². The zero-order valence-electron chi connectivity index (χ0n) is 6.33. The van der Waals surface area contributed by atoms with Gasteiger partial charge in [-0.3, -0.25) is 0 Å². The molecule has 1 rings (SSSR count). The number of carbonyl (C=O) groups is 1. The standard InChI is InChI=1S/C5H6N2O3.K/c1-3-6-4(10-7-3)2-5(8)9;/h2H2,1H3,(H,8,9);/q;+1/p-1. The summed E-state index contributed by atoms with van der Waals surface area (Å²) in [5.41, 5.74) is 0. The van der Waals surface area contributed by atoms with E-state index in [1.807, 2.05) is 0 Å². The largest absolute Gasteiger partial charge is 1.00 e. The van der Waals surface area contributed by atoms with Crippen molar-refractivity contribution >= 4 is 5.97 Å². The number of aliphatic carboxylic acids is 1. The Morgan fingerprint density at radius 2 is 2.36 bits per heavy atom. The molecule has 0 radical (unpaired) electrons. The zero-order chi connectivity index (χ0) is 7.56. The zero-order valence-corrected chi connectivity index (χ0v) is 9.45. The van der Waals surface area contributed by atoms with E-state index in [-0.39, 0.29) is 63.7 Å². The minimum Gasteiger partial charge on any atom is -0.550 e. The molecule has 0 atom stereocenters. The van der Waals surface area contributed by atoms with Crippen molar-refractivity contribution in [1.29, 1.82) is 0 Å². The maximum Gasteiger partial charge on any atom is 1.00 e. The summed E-state index contributed by atoms with van der Waals surface area (Å²) in [5, 5.41) is 13.3. The van der Waals surface area contributed by atoms with Crippen LogP contribution in [-0.2, 0) is 11.2 Å². The molecule has 0 N–H and O–H groups in total. The van der Waals surface area contributed by atoms with Gasteiger partial charge in [-0.05, 0) is 6.92 Å². The van der Waals surface area contributed by atoms with Crippen LogP contribution in [0.1, 0.15) is 11.7 Å². The summed E-state index contributed by atoms with van der Waals surface area (Å²) in [7, 11) is 0. The van der Waals surface area contributed by atoms with Crippen molar-refractivity contribution in [3.8, 4) is 0 Å². The molecule has 0 saturated heterocycles. The van der Waals surface area contributed by atoms with Crippen molar-refractivity contribution in [1.82, 2.24) is 10.1 Å². The first-order chi connectivity index (χ1) is 4.68. The van der Waals surface area contributed by atoms with E-state index in [1.165, 1.54) is 0 Å². The summed E-state index contributed by atoms with van der Waals surface area (Å²) in [6, 6.07) is 0. The number of carboxylic acid groups (broad SMARTS) is 1. The molecule has 0 spiro atoms. The van der Waals surface area contributed by atoms with E-state index in [4.69, 9.17) is 0 Å². The van der Waals surface area contributed by atoms with Gasteiger partial charge in [0.2, 0.25) is 5.89 Å². The normalized spacial score (nSPS) is 8.82. The minimum atomic E-state index is -1.22. The van der Waals surface area contributed by atoms with Crippen LogP contribution in [0.3, 0.4) is 0 Å². The molecule has 1 aromatic rings. The Kier molecular flexibility index (Phi) is 5.10. The molecule has 0 unspecified atom stereocenters. The number of carbonyl (C=O) groups excluding carboxylic acids is 1. The predicted octanol–water partition coefficient (Wildman–Crippen LogP) is -4.33. The molecule has 54 valence electrons. The topological polar surface area (TPSA) is 79.0 Å². The number of aryl methyl sites for hydroxylation is 1. The van der Waals surface area contributed by atoms with Crippen molar-refractivity contribution in [2.75, 3.05) is 0 Å². The molecular formula is C5H5KN2O3. The molecule has 0 aliphatic heterocycles. The molecular weight excluding hydrogens is 175 g/mol. The van der Waals surface area contributed by atoms with Crippen LogP contribution in [0.15, 0.2) is 4.52 Å². The SMILES string of the molecule is Cc1noc(CC(=O)[O-])n1.[K+]. The van der Waals surface area contributed by atoms with Gasteiger partial charge in [-0.2, -0.15) is 4.98 Å². The van der Waals surface area contributed by atoms with Gasteiger partial charge in [0.1, 0.15) is 0 Å². The van der Waals surface area contributed by atoms with Crippen molar-refractivity contribution < 1.29 is 65.8 Å². The van der Waals surface area contributed by atoms with Gasteiger partial charge in [-0.15, -0.1) is 0 Å². The minimum absolute atomic E-state index is 0. The van der Waals surface area contributed by atoms with Crippen LogP contribution in [-0.4, -0.2) is 16.1 Å². The molecule has 0 fully saturated rings. The van der Waals surface area contributed by atoms with Crippen LogP contribution in [0, 0.1) is 6.92 Å². The first-order valence-corrected chi connectivity index (χ1v) is 2.67.